The third kappa shape index (κ3) is 4.17. The van der Waals surface area contributed by atoms with Crippen molar-refractivity contribution in [3.63, 3.8) is 0 Å². The van der Waals surface area contributed by atoms with E-state index in [1.54, 1.807) is 6.07 Å². The van der Waals surface area contributed by atoms with Crippen LogP contribution in [-0.4, -0.2) is 22.9 Å². The van der Waals surface area contributed by atoms with Crippen LogP contribution in [0.5, 0.6) is 0 Å². The summed E-state index contributed by atoms with van der Waals surface area (Å²) in [6.07, 6.45) is 0.762. The molecule has 0 aliphatic heterocycles. The topological polar surface area (TPSA) is 95.5 Å². The van der Waals surface area contributed by atoms with Gasteiger partial charge in [-0.1, -0.05) is 6.92 Å². The minimum absolute atomic E-state index is 0.144. The van der Waals surface area contributed by atoms with Crippen LogP contribution < -0.4 is 10.6 Å². The first-order valence-electron chi connectivity index (χ1n) is 6.95. The van der Waals surface area contributed by atoms with Gasteiger partial charge in [-0.2, -0.15) is 0 Å². The fraction of sp³-hybridized carbons (Fsp3) is 0.188. The van der Waals surface area contributed by atoms with E-state index in [9.17, 15) is 14.4 Å². The molecule has 7 heteroatoms. The van der Waals surface area contributed by atoms with Gasteiger partial charge in [0.25, 0.3) is 5.91 Å². The highest BCUT2D eigenvalue weighted by Crippen LogP contribution is 2.29. The first-order chi connectivity index (χ1) is 10.9. The van der Waals surface area contributed by atoms with Gasteiger partial charge >= 0.3 is 5.97 Å². The molecule has 3 N–H and O–H groups in total. The lowest BCUT2D eigenvalue weighted by atomic mass is 10.2. The number of benzene rings is 1. The van der Waals surface area contributed by atoms with E-state index in [1.165, 1.54) is 42.5 Å². The lowest BCUT2D eigenvalue weighted by molar-refractivity contribution is -0.114. The lowest BCUT2D eigenvalue weighted by Gasteiger charge is -2.06. The zero-order chi connectivity index (χ0) is 17.0. The number of hydrogen-bond acceptors (Lipinski definition) is 4. The summed E-state index contributed by atoms with van der Waals surface area (Å²) in [5.41, 5.74) is 1.02. The van der Waals surface area contributed by atoms with E-state index in [0.717, 1.165) is 11.3 Å². The highest BCUT2D eigenvalue weighted by molar-refractivity contribution is 7.16. The number of aromatic carboxylic acids is 1. The Bertz CT molecular complexity index is 750. The van der Waals surface area contributed by atoms with Crippen molar-refractivity contribution in [3.05, 3.63) is 46.3 Å². The number of carbonyl (C=O) groups excluding carboxylic acids is 2. The van der Waals surface area contributed by atoms with E-state index >= 15 is 0 Å². The van der Waals surface area contributed by atoms with E-state index in [4.69, 9.17) is 5.11 Å². The molecule has 6 nitrogen and oxygen atoms in total. The molecule has 23 heavy (non-hydrogen) atoms. The SMILES string of the molecule is CCc1cc(C(=O)Nc2ccc(C(=O)O)cc2)c(NC(C)=O)s1. The third-order valence-corrected chi connectivity index (χ3v) is 4.25. The molecule has 1 heterocycles. The van der Waals surface area contributed by atoms with E-state index in [2.05, 4.69) is 10.6 Å². The molecular formula is C16H16N2O4S. The Morgan fingerprint density at radius 3 is 2.30 bits per heavy atom. The minimum atomic E-state index is -1.03. The number of carboxylic acid groups (broad SMARTS) is 1. The van der Waals surface area contributed by atoms with Crippen LogP contribution in [0.4, 0.5) is 10.7 Å². The van der Waals surface area contributed by atoms with Crippen LogP contribution in [0.1, 0.15) is 39.4 Å². The number of thiophene rings is 1. The van der Waals surface area contributed by atoms with Crippen LogP contribution in [0.15, 0.2) is 30.3 Å². The fourth-order valence-electron chi connectivity index (χ4n) is 1.93. The van der Waals surface area contributed by atoms with Gasteiger partial charge in [0.2, 0.25) is 5.91 Å². The Kier molecular flexibility index (Phi) is 5.13. The molecule has 0 spiro atoms. The van der Waals surface area contributed by atoms with E-state index in [1.807, 2.05) is 6.92 Å². The third-order valence-electron chi connectivity index (χ3n) is 3.06. The first kappa shape index (κ1) is 16.7. The zero-order valence-corrected chi connectivity index (χ0v) is 13.5. The quantitative estimate of drug-likeness (QED) is 0.783. The van der Waals surface area contributed by atoms with Crippen molar-refractivity contribution in [2.45, 2.75) is 20.3 Å². The van der Waals surface area contributed by atoms with Crippen LogP contribution >= 0.6 is 11.3 Å². The van der Waals surface area contributed by atoms with Crippen molar-refractivity contribution < 1.29 is 19.5 Å². The Morgan fingerprint density at radius 2 is 1.78 bits per heavy atom. The van der Waals surface area contributed by atoms with Gasteiger partial charge in [0.05, 0.1) is 11.1 Å². The number of hydrogen-bond donors (Lipinski definition) is 3. The van der Waals surface area contributed by atoms with Crippen molar-refractivity contribution in [1.29, 1.82) is 0 Å². The second-order valence-electron chi connectivity index (χ2n) is 4.83. The van der Waals surface area contributed by atoms with Crippen LogP contribution in [-0.2, 0) is 11.2 Å². The minimum Gasteiger partial charge on any atom is -0.478 e. The summed E-state index contributed by atoms with van der Waals surface area (Å²) in [7, 11) is 0. The second-order valence-corrected chi connectivity index (χ2v) is 5.96. The van der Waals surface area contributed by atoms with Gasteiger partial charge in [-0.25, -0.2) is 4.79 Å². The number of amides is 2. The van der Waals surface area contributed by atoms with Gasteiger partial charge < -0.3 is 15.7 Å². The number of nitrogens with one attached hydrogen (secondary N) is 2. The molecule has 2 rings (SSSR count). The van der Waals surface area contributed by atoms with Gasteiger partial charge in [-0.3, -0.25) is 9.59 Å². The monoisotopic (exact) mass is 332 g/mol. The average molecular weight is 332 g/mol. The molecule has 2 aromatic rings. The first-order valence-corrected chi connectivity index (χ1v) is 7.77. The normalized spacial score (nSPS) is 10.2. The standard InChI is InChI=1S/C16H16N2O4S/c1-3-12-8-13(15(23-12)17-9(2)19)14(20)18-11-6-4-10(5-7-11)16(21)22/h4-8H,3H2,1-2H3,(H,17,19)(H,18,20)(H,21,22). The zero-order valence-electron chi connectivity index (χ0n) is 12.7. The summed E-state index contributed by atoms with van der Waals surface area (Å²) in [5, 5.41) is 14.7. The van der Waals surface area contributed by atoms with E-state index < -0.39 is 5.97 Å². The van der Waals surface area contributed by atoms with Crippen LogP contribution in [0.2, 0.25) is 0 Å². The lowest BCUT2D eigenvalue weighted by Crippen LogP contribution is -2.14. The molecule has 0 bridgehead atoms. The molecule has 0 aliphatic rings. The molecule has 0 fully saturated rings. The van der Waals surface area contributed by atoms with E-state index in [0.29, 0.717) is 16.3 Å². The predicted octanol–water partition coefficient (Wildman–Crippen LogP) is 3.22. The molecule has 1 aromatic heterocycles. The fourth-order valence-corrected chi connectivity index (χ4v) is 2.97. The Morgan fingerprint density at radius 1 is 1.13 bits per heavy atom. The molecular weight excluding hydrogens is 316 g/mol. The summed E-state index contributed by atoms with van der Waals surface area (Å²) in [6, 6.07) is 7.62. The smallest absolute Gasteiger partial charge is 0.335 e. The maximum Gasteiger partial charge on any atom is 0.335 e. The van der Waals surface area contributed by atoms with Gasteiger partial charge in [0.15, 0.2) is 0 Å². The van der Waals surface area contributed by atoms with Crippen molar-refractivity contribution in [2.24, 2.45) is 0 Å². The van der Waals surface area contributed by atoms with Crippen LogP contribution in [0.25, 0.3) is 0 Å². The Hall–Kier alpha value is -2.67. The highest BCUT2D eigenvalue weighted by Gasteiger charge is 2.17. The van der Waals surface area contributed by atoms with E-state index in [-0.39, 0.29) is 17.4 Å². The molecule has 120 valence electrons. The molecule has 0 atom stereocenters. The molecule has 1 aromatic carbocycles. The Labute approximate surface area is 137 Å². The maximum atomic E-state index is 12.4. The number of carbonyl (C=O) groups is 3. The number of rotatable bonds is 5. The molecule has 0 saturated heterocycles. The summed E-state index contributed by atoms with van der Waals surface area (Å²) in [5.74, 6) is -1.62. The average Bonchev–Trinajstić information content (AvgIpc) is 2.90. The maximum absolute atomic E-state index is 12.4. The number of carboxylic acids is 1. The molecule has 2 amide bonds. The van der Waals surface area contributed by atoms with Crippen LogP contribution in [0, 0.1) is 0 Å². The molecule has 0 aliphatic carbocycles. The van der Waals surface area contributed by atoms with Crippen molar-refractivity contribution >= 4 is 39.8 Å². The number of aryl methyl sites for hydroxylation is 1. The second kappa shape index (κ2) is 7.06. The van der Waals surface area contributed by atoms with Gasteiger partial charge in [0.1, 0.15) is 5.00 Å². The number of anilines is 2. The van der Waals surface area contributed by atoms with Crippen molar-refractivity contribution in [3.8, 4) is 0 Å². The van der Waals surface area contributed by atoms with Gasteiger partial charge in [-0.15, -0.1) is 11.3 Å². The van der Waals surface area contributed by atoms with Gasteiger partial charge in [-0.05, 0) is 36.8 Å². The summed E-state index contributed by atoms with van der Waals surface area (Å²) >= 11 is 1.36. The molecule has 0 radical (unpaired) electrons. The summed E-state index contributed by atoms with van der Waals surface area (Å²) in [4.78, 5) is 35.4. The Balaban J connectivity index is 2.21. The van der Waals surface area contributed by atoms with Gasteiger partial charge in [0, 0.05) is 17.5 Å². The molecule has 0 unspecified atom stereocenters. The van der Waals surface area contributed by atoms with Crippen LogP contribution in [0.3, 0.4) is 0 Å². The summed E-state index contributed by atoms with van der Waals surface area (Å²) < 4.78 is 0. The van der Waals surface area contributed by atoms with Crippen molar-refractivity contribution in [1.82, 2.24) is 0 Å². The largest absolute Gasteiger partial charge is 0.478 e. The molecule has 0 saturated carbocycles. The predicted molar refractivity (Wildman–Crippen MR) is 89.4 cm³/mol. The van der Waals surface area contributed by atoms with Crippen molar-refractivity contribution in [2.75, 3.05) is 10.6 Å². The summed E-state index contributed by atoms with van der Waals surface area (Å²) in [6.45, 7) is 3.35. The highest BCUT2D eigenvalue weighted by atomic mass is 32.1.